The van der Waals surface area contributed by atoms with Gasteiger partial charge in [0.1, 0.15) is 30.1 Å². The molecule has 2 aliphatic rings. The Bertz CT molecular complexity index is 1440. The van der Waals surface area contributed by atoms with Gasteiger partial charge in [-0.1, -0.05) is 48.9 Å². The zero-order valence-electron chi connectivity index (χ0n) is 23.0. The molecule has 3 N–H and O–H groups in total. The summed E-state index contributed by atoms with van der Waals surface area (Å²) in [7, 11) is 0. The van der Waals surface area contributed by atoms with Gasteiger partial charge in [-0.05, 0) is 74.9 Å². The van der Waals surface area contributed by atoms with Crippen molar-refractivity contribution in [1.82, 2.24) is 24.8 Å². The number of likely N-dealkylation sites (tertiary alicyclic amines) is 1. The number of ether oxygens (including phenoxy) is 1. The zero-order chi connectivity index (χ0) is 27.3. The maximum Gasteiger partial charge on any atom is 0.234 e. The van der Waals surface area contributed by atoms with Crippen LogP contribution in [0.5, 0.6) is 5.75 Å². The highest BCUT2D eigenvalue weighted by atomic mass is 16.5. The summed E-state index contributed by atoms with van der Waals surface area (Å²) >= 11 is 0. The molecule has 6 rings (SSSR count). The molecule has 208 valence electrons. The Kier molecular flexibility index (Phi) is 7.95. The molecule has 0 atom stereocenters. The first-order valence-corrected chi connectivity index (χ1v) is 14.5. The molecular formula is C32H38N6O2. The van der Waals surface area contributed by atoms with Crippen molar-refractivity contribution in [3.63, 3.8) is 0 Å². The van der Waals surface area contributed by atoms with E-state index >= 15 is 0 Å². The second kappa shape index (κ2) is 12.1. The van der Waals surface area contributed by atoms with Crippen LogP contribution in [-0.2, 0) is 11.4 Å². The molecule has 3 heterocycles. The lowest BCUT2D eigenvalue weighted by Gasteiger charge is -2.31. The third-order valence-corrected chi connectivity index (χ3v) is 8.30. The third-order valence-electron chi connectivity index (χ3n) is 8.30. The Morgan fingerprint density at radius 3 is 2.58 bits per heavy atom. The topological polar surface area (TPSA) is 98.3 Å². The van der Waals surface area contributed by atoms with E-state index < -0.39 is 0 Å². The first kappa shape index (κ1) is 26.3. The van der Waals surface area contributed by atoms with Gasteiger partial charge in [0, 0.05) is 23.8 Å². The number of carbonyl (C=O) groups is 1. The van der Waals surface area contributed by atoms with Crippen LogP contribution in [-0.4, -0.2) is 51.0 Å². The van der Waals surface area contributed by atoms with Crippen LogP contribution < -0.4 is 15.8 Å². The van der Waals surface area contributed by atoms with Crippen molar-refractivity contribution < 1.29 is 9.53 Å². The highest BCUT2D eigenvalue weighted by Crippen LogP contribution is 2.39. The van der Waals surface area contributed by atoms with Gasteiger partial charge in [0.15, 0.2) is 0 Å². The van der Waals surface area contributed by atoms with E-state index in [1.165, 1.54) is 19.3 Å². The van der Waals surface area contributed by atoms with E-state index in [-0.39, 0.29) is 11.9 Å². The Morgan fingerprint density at radius 1 is 0.975 bits per heavy atom. The normalized spacial score (nSPS) is 19.9. The highest BCUT2D eigenvalue weighted by molar-refractivity contribution is 6.00. The summed E-state index contributed by atoms with van der Waals surface area (Å²) in [5.41, 5.74) is 10.4. The minimum Gasteiger partial charge on any atom is -0.489 e. The van der Waals surface area contributed by atoms with Crippen LogP contribution in [0, 0.1) is 0 Å². The molecule has 0 spiro atoms. The van der Waals surface area contributed by atoms with Crippen molar-refractivity contribution in [1.29, 1.82) is 0 Å². The molecular weight excluding hydrogens is 500 g/mol. The SMILES string of the molecule is Nc1ncnc2c1c(-c1cccc(OCc3ccccc3)c1)cn2C1CCC(NC(=O)CN2CCCCC2)CC1. The van der Waals surface area contributed by atoms with Gasteiger partial charge in [-0.3, -0.25) is 9.69 Å². The monoisotopic (exact) mass is 538 g/mol. The van der Waals surface area contributed by atoms with E-state index in [1.54, 1.807) is 6.33 Å². The van der Waals surface area contributed by atoms with Gasteiger partial charge < -0.3 is 20.4 Å². The number of piperidine rings is 1. The number of nitrogens with two attached hydrogens (primary N) is 1. The number of aromatic nitrogens is 3. The largest absolute Gasteiger partial charge is 0.489 e. The molecule has 1 amide bonds. The lowest BCUT2D eigenvalue weighted by molar-refractivity contribution is -0.123. The molecule has 1 saturated carbocycles. The van der Waals surface area contributed by atoms with Gasteiger partial charge >= 0.3 is 0 Å². The molecule has 2 aromatic carbocycles. The fourth-order valence-electron chi connectivity index (χ4n) is 6.19. The summed E-state index contributed by atoms with van der Waals surface area (Å²) in [6.45, 7) is 3.11. The average molecular weight is 539 g/mol. The van der Waals surface area contributed by atoms with Crippen molar-refractivity contribution in [2.75, 3.05) is 25.4 Å². The molecule has 4 aromatic rings. The maximum atomic E-state index is 12.7. The number of rotatable bonds is 8. The molecule has 2 fully saturated rings. The number of nitrogens with zero attached hydrogens (tertiary/aromatic N) is 4. The first-order valence-electron chi connectivity index (χ1n) is 14.5. The van der Waals surface area contributed by atoms with Crippen LogP contribution in [0.3, 0.4) is 0 Å². The molecule has 0 radical (unpaired) electrons. The van der Waals surface area contributed by atoms with Gasteiger partial charge in [-0.2, -0.15) is 0 Å². The van der Waals surface area contributed by atoms with E-state index in [1.807, 2.05) is 30.3 Å². The minimum atomic E-state index is 0.161. The fourth-order valence-corrected chi connectivity index (χ4v) is 6.19. The predicted octanol–water partition coefficient (Wildman–Crippen LogP) is 5.35. The van der Waals surface area contributed by atoms with Crippen molar-refractivity contribution in [3.8, 4) is 16.9 Å². The second-order valence-corrected chi connectivity index (χ2v) is 11.1. The molecule has 1 aliphatic carbocycles. The van der Waals surface area contributed by atoms with Gasteiger partial charge in [-0.15, -0.1) is 0 Å². The van der Waals surface area contributed by atoms with Crippen LogP contribution in [0.2, 0.25) is 0 Å². The van der Waals surface area contributed by atoms with E-state index in [0.717, 1.165) is 72.2 Å². The fraction of sp³-hybridized carbons (Fsp3) is 0.406. The van der Waals surface area contributed by atoms with Crippen molar-refractivity contribution >= 4 is 22.8 Å². The highest BCUT2D eigenvalue weighted by Gasteiger charge is 2.27. The molecule has 0 bridgehead atoms. The number of nitrogen functional groups attached to an aromatic ring is 1. The number of anilines is 1. The lowest BCUT2D eigenvalue weighted by Crippen LogP contribution is -2.44. The van der Waals surface area contributed by atoms with Crippen LogP contribution in [0.4, 0.5) is 5.82 Å². The van der Waals surface area contributed by atoms with E-state index in [9.17, 15) is 4.79 Å². The molecule has 1 saturated heterocycles. The summed E-state index contributed by atoms with van der Waals surface area (Å²) in [5.74, 6) is 1.44. The quantitative estimate of drug-likeness (QED) is 0.314. The van der Waals surface area contributed by atoms with Gasteiger partial charge in [0.2, 0.25) is 5.91 Å². The van der Waals surface area contributed by atoms with Gasteiger partial charge in [0.25, 0.3) is 0 Å². The summed E-state index contributed by atoms with van der Waals surface area (Å²) in [6, 6.07) is 18.8. The molecule has 8 nitrogen and oxygen atoms in total. The van der Waals surface area contributed by atoms with Gasteiger partial charge in [0.05, 0.1) is 11.9 Å². The molecule has 2 aromatic heterocycles. The number of nitrogens with one attached hydrogen (secondary N) is 1. The number of carbonyl (C=O) groups excluding carboxylic acids is 1. The first-order chi connectivity index (χ1) is 19.6. The third kappa shape index (κ3) is 5.97. The smallest absolute Gasteiger partial charge is 0.234 e. The summed E-state index contributed by atoms with van der Waals surface area (Å²) in [5, 5.41) is 4.17. The molecule has 40 heavy (non-hydrogen) atoms. The maximum absolute atomic E-state index is 12.7. The number of fused-ring (bicyclic) bond motifs is 1. The molecule has 8 heteroatoms. The van der Waals surface area contributed by atoms with E-state index in [4.69, 9.17) is 10.5 Å². The summed E-state index contributed by atoms with van der Waals surface area (Å²) in [4.78, 5) is 23.9. The average Bonchev–Trinajstić information content (AvgIpc) is 3.39. The van der Waals surface area contributed by atoms with Crippen LogP contribution in [0.1, 0.15) is 56.6 Å². The number of hydrogen-bond donors (Lipinski definition) is 2. The molecule has 1 aliphatic heterocycles. The Morgan fingerprint density at radius 2 is 1.77 bits per heavy atom. The Balaban J connectivity index is 1.16. The summed E-state index contributed by atoms with van der Waals surface area (Å²) in [6.07, 6.45) is 11.2. The van der Waals surface area contributed by atoms with Crippen molar-refractivity contribution in [3.05, 3.63) is 72.7 Å². The lowest BCUT2D eigenvalue weighted by atomic mass is 9.91. The second-order valence-electron chi connectivity index (χ2n) is 11.1. The Labute approximate surface area is 235 Å². The zero-order valence-corrected chi connectivity index (χ0v) is 23.0. The number of amides is 1. The predicted molar refractivity (Wildman–Crippen MR) is 158 cm³/mol. The number of hydrogen-bond acceptors (Lipinski definition) is 6. The van der Waals surface area contributed by atoms with Gasteiger partial charge in [-0.25, -0.2) is 9.97 Å². The van der Waals surface area contributed by atoms with E-state index in [0.29, 0.717) is 25.0 Å². The minimum absolute atomic E-state index is 0.161. The van der Waals surface area contributed by atoms with Crippen molar-refractivity contribution in [2.45, 2.75) is 63.6 Å². The number of benzene rings is 2. The Hall–Kier alpha value is -3.91. The van der Waals surface area contributed by atoms with Crippen LogP contribution >= 0.6 is 0 Å². The van der Waals surface area contributed by atoms with Crippen molar-refractivity contribution in [2.24, 2.45) is 0 Å². The standard InChI is InChI=1S/C32H38N6O2/c33-31-30-28(24-10-7-11-27(18-24)40-21-23-8-3-1-4-9-23)19-38(32(30)35-22-34-31)26-14-12-25(13-15-26)36-29(39)20-37-16-5-2-6-17-37/h1,3-4,7-11,18-19,22,25-26H,2,5-6,12-17,20-21H2,(H,36,39)(H2,33,34,35). The summed E-state index contributed by atoms with van der Waals surface area (Å²) < 4.78 is 8.37. The molecule has 0 unspecified atom stereocenters. The van der Waals surface area contributed by atoms with Crippen LogP contribution in [0.15, 0.2) is 67.1 Å². The van der Waals surface area contributed by atoms with Crippen LogP contribution in [0.25, 0.3) is 22.2 Å². The van der Waals surface area contributed by atoms with E-state index in [2.05, 4.69) is 55.2 Å².